The SMILES string of the molecule is COOCc1cnc(C(=O)NCCc2ccc(S(=O)(=O)NC(=O)NC3CCCCC3)cc2)cn1. The Morgan fingerprint density at radius 2 is 1.79 bits per heavy atom. The Morgan fingerprint density at radius 1 is 1.06 bits per heavy atom. The normalized spacial score (nSPS) is 14.4. The van der Waals surface area contributed by atoms with Crippen LogP contribution in [0.2, 0.25) is 0 Å². The molecule has 0 saturated heterocycles. The third kappa shape index (κ3) is 7.75. The fraction of sp³-hybridized carbons (Fsp3) is 0.455. The third-order valence-corrected chi connectivity index (χ3v) is 6.71. The van der Waals surface area contributed by atoms with E-state index in [0.29, 0.717) is 18.7 Å². The fourth-order valence-electron chi connectivity index (χ4n) is 3.55. The highest BCUT2D eigenvalue weighted by Gasteiger charge is 2.21. The number of nitrogens with one attached hydrogen (secondary N) is 3. The third-order valence-electron chi connectivity index (χ3n) is 5.36. The zero-order valence-corrected chi connectivity index (χ0v) is 19.8. The van der Waals surface area contributed by atoms with E-state index in [9.17, 15) is 18.0 Å². The van der Waals surface area contributed by atoms with Gasteiger partial charge in [0.25, 0.3) is 15.9 Å². The quantitative estimate of drug-likeness (QED) is 0.337. The lowest BCUT2D eigenvalue weighted by Gasteiger charge is -2.22. The molecule has 1 fully saturated rings. The summed E-state index contributed by atoms with van der Waals surface area (Å²) in [5.41, 5.74) is 1.51. The second kappa shape index (κ2) is 12.4. The Balaban J connectivity index is 1.45. The first-order valence-corrected chi connectivity index (χ1v) is 12.5. The van der Waals surface area contributed by atoms with Gasteiger partial charge in [0.2, 0.25) is 0 Å². The van der Waals surface area contributed by atoms with E-state index in [1.165, 1.54) is 31.6 Å². The van der Waals surface area contributed by atoms with E-state index in [2.05, 4.69) is 30.2 Å². The van der Waals surface area contributed by atoms with Crippen LogP contribution < -0.4 is 15.4 Å². The maximum Gasteiger partial charge on any atom is 0.328 e. The van der Waals surface area contributed by atoms with Crippen LogP contribution in [0.5, 0.6) is 0 Å². The molecule has 0 radical (unpaired) electrons. The molecule has 1 aromatic heterocycles. The highest BCUT2D eigenvalue weighted by atomic mass is 32.2. The summed E-state index contributed by atoms with van der Waals surface area (Å²) in [5.74, 6) is -0.376. The van der Waals surface area contributed by atoms with Crippen LogP contribution in [0.1, 0.15) is 53.8 Å². The summed E-state index contributed by atoms with van der Waals surface area (Å²) in [4.78, 5) is 41.6. The van der Waals surface area contributed by atoms with Crippen molar-refractivity contribution >= 4 is 22.0 Å². The first-order chi connectivity index (χ1) is 16.4. The Morgan fingerprint density at radius 3 is 2.44 bits per heavy atom. The minimum Gasteiger partial charge on any atom is -0.350 e. The van der Waals surface area contributed by atoms with Crippen molar-refractivity contribution in [3.8, 4) is 0 Å². The van der Waals surface area contributed by atoms with Crippen molar-refractivity contribution in [2.75, 3.05) is 13.7 Å². The minimum atomic E-state index is -3.97. The Kier molecular flexibility index (Phi) is 9.31. The van der Waals surface area contributed by atoms with E-state index in [-0.39, 0.29) is 29.1 Å². The molecule has 1 saturated carbocycles. The molecular formula is C22H29N5O6S. The highest BCUT2D eigenvalue weighted by Crippen LogP contribution is 2.17. The topological polar surface area (TPSA) is 149 Å². The van der Waals surface area contributed by atoms with Crippen LogP contribution in [-0.2, 0) is 32.8 Å². The summed E-state index contributed by atoms with van der Waals surface area (Å²) in [6.45, 7) is 0.445. The number of hydrogen-bond donors (Lipinski definition) is 3. The fourth-order valence-corrected chi connectivity index (χ4v) is 4.47. The molecule has 34 heavy (non-hydrogen) atoms. The number of urea groups is 1. The molecule has 0 spiro atoms. The van der Waals surface area contributed by atoms with E-state index in [1.54, 1.807) is 12.1 Å². The van der Waals surface area contributed by atoms with Gasteiger partial charge in [0.15, 0.2) is 0 Å². The van der Waals surface area contributed by atoms with E-state index >= 15 is 0 Å². The van der Waals surface area contributed by atoms with Crippen LogP contribution in [-0.4, -0.2) is 50.0 Å². The average molecular weight is 492 g/mol. The van der Waals surface area contributed by atoms with Crippen molar-refractivity contribution in [2.24, 2.45) is 0 Å². The first-order valence-electron chi connectivity index (χ1n) is 11.0. The van der Waals surface area contributed by atoms with Gasteiger partial charge in [-0.05, 0) is 37.0 Å². The average Bonchev–Trinajstić information content (AvgIpc) is 2.83. The zero-order valence-electron chi connectivity index (χ0n) is 19.0. The maximum absolute atomic E-state index is 12.5. The van der Waals surface area contributed by atoms with Gasteiger partial charge in [-0.15, -0.1) is 0 Å². The number of aromatic nitrogens is 2. The summed E-state index contributed by atoms with van der Waals surface area (Å²) in [7, 11) is -2.59. The van der Waals surface area contributed by atoms with Crippen LogP contribution in [0.25, 0.3) is 0 Å². The number of sulfonamides is 1. The van der Waals surface area contributed by atoms with Gasteiger partial charge < -0.3 is 10.6 Å². The lowest BCUT2D eigenvalue weighted by atomic mass is 9.96. The van der Waals surface area contributed by atoms with Gasteiger partial charge in [-0.2, -0.15) is 0 Å². The van der Waals surface area contributed by atoms with Gasteiger partial charge in [-0.25, -0.2) is 32.7 Å². The predicted molar refractivity (Wildman–Crippen MR) is 122 cm³/mol. The number of amides is 3. The molecule has 2 aromatic rings. The molecular weight excluding hydrogens is 462 g/mol. The molecule has 1 aliphatic rings. The van der Waals surface area contributed by atoms with Crippen LogP contribution in [0.15, 0.2) is 41.6 Å². The van der Waals surface area contributed by atoms with E-state index in [4.69, 9.17) is 4.89 Å². The minimum absolute atomic E-state index is 0.00750. The van der Waals surface area contributed by atoms with Crippen molar-refractivity contribution in [2.45, 2.75) is 56.1 Å². The molecule has 1 aliphatic carbocycles. The van der Waals surface area contributed by atoms with Gasteiger partial charge in [-0.1, -0.05) is 31.4 Å². The number of carbonyl (C=O) groups is 2. The lowest BCUT2D eigenvalue weighted by Crippen LogP contribution is -2.45. The molecule has 0 unspecified atom stereocenters. The van der Waals surface area contributed by atoms with Gasteiger partial charge in [0.1, 0.15) is 12.3 Å². The maximum atomic E-state index is 12.5. The molecule has 0 atom stereocenters. The first kappa shape index (κ1) is 25.5. The molecule has 0 aliphatic heterocycles. The monoisotopic (exact) mass is 491 g/mol. The van der Waals surface area contributed by atoms with Crippen LogP contribution in [0.3, 0.4) is 0 Å². The summed E-state index contributed by atoms with van der Waals surface area (Å²) in [5, 5.41) is 5.47. The Hall–Kier alpha value is -3.09. The van der Waals surface area contributed by atoms with E-state index in [0.717, 1.165) is 37.7 Å². The number of benzene rings is 1. The standard InChI is InChI=1S/C22H29N5O6S/c1-32-33-15-18-13-25-20(14-24-18)21(28)23-12-11-16-7-9-19(10-8-16)34(30,31)27-22(29)26-17-5-3-2-4-6-17/h7-10,13-14,17H,2-6,11-12,15H2,1H3,(H,23,28)(H2,26,27,29). The van der Waals surface area contributed by atoms with Gasteiger partial charge in [0, 0.05) is 12.6 Å². The van der Waals surface area contributed by atoms with E-state index < -0.39 is 16.1 Å². The van der Waals surface area contributed by atoms with Gasteiger partial charge in [-0.3, -0.25) is 9.78 Å². The van der Waals surface area contributed by atoms with Gasteiger partial charge >= 0.3 is 6.03 Å². The second-order valence-corrected chi connectivity index (χ2v) is 9.57. The molecule has 11 nitrogen and oxygen atoms in total. The molecule has 12 heteroatoms. The van der Waals surface area contributed by atoms with Crippen molar-refractivity contribution in [3.05, 3.63) is 53.6 Å². The second-order valence-electron chi connectivity index (χ2n) is 7.89. The summed E-state index contributed by atoms with van der Waals surface area (Å²) in [6, 6.07) is 5.45. The number of hydrogen-bond acceptors (Lipinski definition) is 8. The summed E-state index contributed by atoms with van der Waals surface area (Å²) in [6.07, 6.45) is 8.18. The lowest BCUT2D eigenvalue weighted by molar-refractivity contribution is -0.282. The smallest absolute Gasteiger partial charge is 0.328 e. The van der Waals surface area contributed by atoms with Crippen LogP contribution in [0.4, 0.5) is 4.79 Å². The molecule has 1 heterocycles. The van der Waals surface area contributed by atoms with Gasteiger partial charge in [0.05, 0.1) is 30.1 Å². The van der Waals surface area contributed by atoms with Crippen LogP contribution in [0, 0.1) is 0 Å². The number of nitrogens with zero attached hydrogens (tertiary/aromatic N) is 2. The Labute approximate surface area is 198 Å². The zero-order chi connectivity index (χ0) is 24.4. The Bertz CT molecular complexity index is 1050. The number of carbonyl (C=O) groups excluding carboxylic acids is 2. The van der Waals surface area contributed by atoms with Crippen LogP contribution >= 0.6 is 0 Å². The van der Waals surface area contributed by atoms with Crippen molar-refractivity contribution < 1.29 is 27.8 Å². The molecule has 0 bridgehead atoms. The summed E-state index contributed by atoms with van der Waals surface area (Å²) < 4.78 is 27.0. The van der Waals surface area contributed by atoms with Crippen molar-refractivity contribution in [1.82, 2.24) is 25.3 Å². The van der Waals surface area contributed by atoms with Crippen molar-refractivity contribution in [3.63, 3.8) is 0 Å². The predicted octanol–water partition coefficient (Wildman–Crippen LogP) is 1.85. The summed E-state index contributed by atoms with van der Waals surface area (Å²) >= 11 is 0. The highest BCUT2D eigenvalue weighted by molar-refractivity contribution is 7.90. The largest absolute Gasteiger partial charge is 0.350 e. The molecule has 3 amide bonds. The van der Waals surface area contributed by atoms with Crippen molar-refractivity contribution in [1.29, 1.82) is 0 Å². The van der Waals surface area contributed by atoms with E-state index in [1.807, 2.05) is 0 Å². The molecule has 1 aromatic carbocycles. The number of rotatable bonds is 10. The molecule has 184 valence electrons. The molecule has 3 N–H and O–H groups in total. The molecule has 3 rings (SSSR count).